The normalized spacial score (nSPS) is 28.9. The number of likely N-dealkylation sites (tertiary alicyclic amines) is 2. The predicted molar refractivity (Wildman–Crippen MR) is 141 cm³/mol. The smallest absolute Gasteiger partial charge is 0.305 e. The summed E-state index contributed by atoms with van der Waals surface area (Å²) < 4.78 is 0. The molecular formula is C30H28N2O9. The van der Waals surface area contributed by atoms with Gasteiger partial charge in [0.25, 0.3) is 0 Å². The van der Waals surface area contributed by atoms with Crippen molar-refractivity contribution in [3.63, 3.8) is 0 Å². The molecule has 2 aromatic carbocycles. The number of rotatable bonds is 7. The minimum atomic E-state index is -1.15. The maximum absolute atomic E-state index is 13.8. The van der Waals surface area contributed by atoms with E-state index in [9.17, 15) is 39.0 Å². The maximum atomic E-state index is 13.8. The molecule has 3 fully saturated rings. The number of fused-ring (bicyclic) bond motifs is 5. The van der Waals surface area contributed by atoms with Crippen LogP contribution < -0.4 is 0 Å². The second kappa shape index (κ2) is 9.83. The number of carboxylic acid groups (broad SMARTS) is 2. The van der Waals surface area contributed by atoms with Crippen molar-refractivity contribution in [3.05, 3.63) is 53.6 Å². The zero-order valence-electron chi connectivity index (χ0n) is 21.9. The van der Waals surface area contributed by atoms with Gasteiger partial charge in [-0.15, -0.1) is 0 Å². The second-order valence-corrected chi connectivity index (χ2v) is 11.2. The van der Waals surface area contributed by atoms with Crippen LogP contribution in [0.4, 0.5) is 0 Å². The van der Waals surface area contributed by atoms with Crippen molar-refractivity contribution in [1.82, 2.24) is 9.80 Å². The van der Waals surface area contributed by atoms with Crippen LogP contribution in [0.2, 0.25) is 0 Å². The van der Waals surface area contributed by atoms with Gasteiger partial charge in [0.2, 0.25) is 23.6 Å². The summed E-state index contributed by atoms with van der Waals surface area (Å²) in [6, 6.07) is 10.7. The number of nitrogens with zero attached hydrogens (tertiary/aromatic N) is 2. The molecule has 2 aliphatic heterocycles. The number of imide groups is 2. The third-order valence-electron chi connectivity index (χ3n) is 9.20. The van der Waals surface area contributed by atoms with Crippen molar-refractivity contribution >= 4 is 46.3 Å². The SMILES string of the molecule is O=C(O)CCN1C(=O)C2CC=C3C(CC4C(=O)N(CCC(=O)O)C(=O)C4C3c3ccc4ccccc4c3O)C2C1=O. The van der Waals surface area contributed by atoms with Gasteiger partial charge in [-0.1, -0.05) is 48.0 Å². The molecular weight excluding hydrogens is 532 g/mol. The van der Waals surface area contributed by atoms with Crippen LogP contribution in [0.5, 0.6) is 5.75 Å². The fourth-order valence-corrected chi connectivity index (χ4v) is 7.45. The van der Waals surface area contributed by atoms with Gasteiger partial charge in [-0.3, -0.25) is 38.6 Å². The standard InChI is InChI=1S/C30H28N2O9/c33-21(34)9-11-31-27(38)18-8-7-16-19(24(18)29(31)40)13-20-25(30(41)32(28(20)39)12-10-22(35)36)23(16)17-6-5-14-3-1-2-4-15(14)26(17)37/h1-7,18-20,23-25,37H,8-13H2,(H,33,34)(H,35,36). The number of amides is 4. The summed E-state index contributed by atoms with van der Waals surface area (Å²) in [6.45, 7) is -0.532. The average Bonchev–Trinajstić information content (AvgIpc) is 3.33. The fraction of sp³-hybridized carbons (Fsp3) is 0.400. The first-order valence-electron chi connectivity index (χ1n) is 13.6. The van der Waals surface area contributed by atoms with Crippen molar-refractivity contribution in [2.24, 2.45) is 29.6 Å². The molecule has 2 aliphatic carbocycles. The molecule has 2 aromatic rings. The lowest BCUT2D eigenvalue weighted by atomic mass is 9.57. The zero-order chi connectivity index (χ0) is 29.2. The summed E-state index contributed by atoms with van der Waals surface area (Å²) in [5, 5.41) is 31.1. The van der Waals surface area contributed by atoms with Gasteiger partial charge in [0.15, 0.2) is 0 Å². The number of carbonyl (C=O) groups excluding carboxylic acids is 4. The average molecular weight is 561 g/mol. The highest BCUT2D eigenvalue weighted by atomic mass is 16.4. The van der Waals surface area contributed by atoms with E-state index < -0.39 is 77.5 Å². The highest BCUT2D eigenvalue weighted by Crippen LogP contribution is 2.59. The van der Waals surface area contributed by atoms with E-state index >= 15 is 0 Å². The molecule has 4 aliphatic rings. The molecule has 11 nitrogen and oxygen atoms in total. The van der Waals surface area contributed by atoms with Gasteiger partial charge in [-0.2, -0.15) is 0 Å². The van der Waals surface area contributed by atoms with E-state index in [0.29, 0.717) is 16.5 Å². The minimum Gasteiger partial charge on any atom is -0.507 e. The fourth-order valence-electron chi connectivity index (χ4n) is 7.45. The van der Waals surface area contributed by atoms with Crippen LogP contribution >= 0.6 is 0 Å². The summed E-state index contributed by atoms with van der Waals surface area (Å²) in [6.07, 6.45) is 1.36. The van der Waals surface area contributed by atoms with Crippen molar-refractivity contribution in [3.8, 4) is 5.75 Å². The van der Waals surface area contributed by atoms with Crippen LogP contribution in [-0.4, -0.2) is 73.8 Å². The summed E-state index contributed by atoms with van der Waals surface area (Å²) >= 11 is 0. The number of hydrogen-bond acceptors (Lipinski definition) is 7. The molecule has 0 radical (unpaired) electrons. The molecule has 6 atom stereocenters. The molecule has 0 bridgehead atoms. The number of phenolic OH excluding ortho intramolecular Hbond substituents is 1. The Balaban J connectivity index is 1.46. The van der Waals surface area contributed by atoms with E-state index in [1.54, 1.807) is 18.2 Å². The molecule has 2 heterocycles. The van der Waals surface area contributed by atoms with Gasteiger partial charge in [-0.25, -0.2) is 0 Å². The van der Waals surface area contributed by atoms with Crippen LogP contribution in [0, 0.1) is 29.6 Å². The Morgan fingerprint density at radius 1 is 0.756 bits per heavy atom. The predicted octanol–water partition coefficient (Wildman–Crippen LogP) is 2.13. The summed E-state index contributed by atoms with van der Waals surface area (Å²) in [7, 11) is 0. The van der Waals surface area contributed by atoms with E-state index in [1.807, 2.05) is 24.3 Å². The van der Waals surface area contributed by atoms with Gasteiger partial charge in [0.1, 0.15) is 5.75 Å². The van der Waals surface area contributed by atoms with Gasteiger partial charge >= 0.3 is 11.9 Å². The van der Waals surface area contributed by atoms with E-state index in [2.05, 4.69) is 0 Å². The maximum Gasteiger partial charge on any atom is 0.305 e. The van der Waals surface area contributed by atoms with Crippen LogP contribution in [-0.2, 0) is 28.8 Å². The Kier molecular flexibility index (Phi) is 6.39. The van der Waals surface area contributed by atoms with Crippen LogP contribution in [0.15, 0.2) is 48.0 Å². The Hall–Kier alpha value is -4.54. The Labute approximate surface area is 234 Å². The number of carboxylic acids is 2. The first-order valence-corrected chi connectivity index (χ1v) is 13.6. The van der Waals surface area contributed by atoms with Gasteiger partial charge in [-0.05, 0) is 24.1 Å². The van der Waals surface area contributed by atoms with Crippen LogP contribution in [0.3, 0.4) is 0 Å². The second-order valence-electron chi connectivity index (χ2n) is 11.2. The van der Waals surface area contributed by atoms with Crippen molar-refractivity contribution < 1.29 is 44.1 Å². The van der Waals surface area contributed by atoms with Gasteiger partial charge in [0.05, 0.1) is 36.5 Å². The number of phenols is 1. The summed E-state index contributed by atoms with van der Waals surface area (Å²) in [4.78, 5) is 78.5. The molecule has 11 heteroatoms. The van der Waals surface area contributed by atoms with Crippen LogP contribution in [0.1, 0.15) is 37.2 Å². The number of aliphatic carboxylic acids is 2. The first kappa shape index (κ1) is 26.7. The Bertz CT molecular complexity index is 1560. The van der Waals surface area contributed by atoms with Crippen molar-refractivity contribution in [2.45, 2.75) is 31.6 Å². The molecule has 6 rings (SSSR count). The number of carbonyl (C=O) groups is 6. The Morgan fingerprint density at radius 3 is 2.02 bits per heavy atom. The zero-order valence-corrected chi connectivity index (χ0v) is 21.9. The Morgan fingerprint density at radius 2 is 1.37 bits per heavy atom. The van der Waals surface area contributed by atoms with Gasteiger partial charge < -0.3 is 15.3 Å². The third-order valence-corrected chi connectivity index (χ3v) is 9.20. The van der Waals surface area contributed by atoms with Crippen LogP contribution in [0.25, 0.3) is 10.8 Å². The monoisotopic (exact) mass is 560 g/mol. The third kappa shape index (κ3) is 4.10. The molecule has 0 spiro atoms. The molecule has 2 saturated heterocycles. The molecule has 41 heavy (non-hydrogen) atoms. The lowest BCUT2D eigenvalue weighted by Crippen LogP contribution is -2.43. The largest absolute Gasteiger partial charge is 0.507 e. The van der Waals surface area contributed by atoms with E-state index in [-0.39, 0.29) is 38.1 Å². The summed E-state index contributed by atoms with van der Waals surface area (Å²) in [5.41, 5.74) is 1.12. The van der Waals surface area contributed by atoms with E-state index in [0.717, 1.165) is 15.2 Å². The topological polar surface area (TPSA) is 170 Å². The van der Waals surface area contributed by atoms with Crippen molar-refractivity contribution in [2.75, 3.05) is 13.1 Å². The summed E-state index contributed by atoms with van der Waals surface area (Å²) in [5.74, 6) is -8.97. The molecule has 4 amide bonds. The first-order chi connectivity index (χ1) is 19.6. The molecule has 6 unspecified atom stereocenters. The molecule has 3 N–H and O–H groups in total. The molecule has 0 aromatic heterocycles. The number of aromatic hydroxyl groups is 1. The van der Waals surface area contributed by atoms with E-state index in [1.165, 1.54) is 0 Å². The lowest BCUT2D eigenvalue weighted by molar-refractivity contribution is -0.145. The lowest BCUT2D eigenvalue weighted by Gasteiger charge is -2.44. The van der Waals surface area contributed by atoms with Crippen molar-refractivity contribution in [1.29, 1.82) is 0 Å². The van der Waals surface area contributed by atoms with Gasteiger partial charge in [0, 0.05) is 30.0 Å². The number of hydrogen-bond donors (Lipinski definition) is 3. The molecule has 212 valence electrons. The molecule has 1 saturated carbocycles. The minimum absolute atomic E-state index is 0.0448. The highest BCUT2D eigenvalue weighted by Gasteiger charge is 2.62. The number of benzene rings is 2. The number of allylic oxidation sites excluding steroid dienone is 2. The van der Waals surface area contributed by atoms with E-state index in [4.69, 9.17) is 5.11 Å². The highest BCUT2D eigenvalue weighted by molar-refractivity contribution is 6.08. The quantitative estimate of drug-likeness (QED) is 0.339.